The lowest BCUT2D eigenvalue weighted by Gasteiger charge is -2.33. The van der Waals surface area contributed by atoms with Crippen LogP contribution in [0.2, 0.25) is 0 Å². The maximum atomic E-state index is 11.6. The van der Waals surface area contributed by atoms with E-state index in [9.17, 15) is 4.79 Å². The normalized spacial score (nSPS) is 23.7. The summed E-state index contributed by atoms with van der Waals surface area (Å²) >= 11 is 0. The Bertz CT molecular complexity index is 424. The molecule has 0 saturated carbocycles. The minimum absolute atomic E-state index is 0.0807. The zero-order chi connectivity index (χ0) is 13.2. The van der Waals surface area contributed by atoms with Crippen LogP contribution in [-0.2, 0) is 17.8 Å². The largest absolute Gasteiger partial charge is 0.350 e. The Labute approximate surface area is 109 Å². The summed E-state index contributed by atoms with van der Waals surface area (Å²) in [5.41, 5.74) is 1.15. The fourth-order valence-corrected chi connectivity index (χ4v) is 2.76. The molecule has 1 aliphatic heterocycles. The highest BCUT2D eigenvalue weighted by Crippen LogP contribution is 2.31. The molecule has 0 radical (unpaired) electrons. The van der Waals surface area contributed by atoms with Crippen LogP contribution in [0.25, 0.3) is 0 Å². The standard InChI is InChI=1S/C14H23N3O/c1-4-9-17-12(6-8-15-17)10-14(11(2)3)7-5-13(18)16-14/h6,8,11H,4-5,7,9-10H2,1-3H3,(H,16,18). The van der Waals surface area contributed by atoms with Crippen LogP contribution in [0.1, 0.15) is 45.7 Å². The van der Waals surface area contributed by atoms with Crippen molar-refractivity contribution < 1.29 is 4.79 Å². The molecular weight excluding hydrogens is 226 g/mol. The van der Waals surface area contributed by atoms with Crippen molar-refractivity contribution >= 4 is 5.91 Å². The van der Waals surface area contributed by atoms with E-state index >= 15 is 0 Å². The smallest absolute Gasteiger partial charge is 0.220 e. The van der Waals surface area contributed by atoms with Crippen molar-refractivity contribution in [1.29, 1.82) is 0 Å². The van der Waals surface area contributed by atoms with Gasteiger partial charge >= 0.3 is 0 Å². The fourth-order valence-electron chi connectivity index (χ4n) is 2.76. The van der Waals surface area contributed by atoms with Crippen LogP contribution in [0.5, 0.6) is 0 Å². The first kappa shape index (κ1) is 13.1. The summed E-state index contributed by atoms with van der Waals surface area (Å²) in [4.78, 5) is 11.6. The van der Waals surface area contributed by atoms with Gasteiger partial charge in [-0.25, -0.2) is 0 Å². The van der Waals surface area contributed by atoms with E-state index in [-0.39, 0.29) is 11.4 Å². The molecule has 1 unspecified atom stereocenters. The third-order valence-corrected chi connectivity index (χ3v) is 4.03. The Hall–Kier alpha value is -1.32. The third-order valence-electron chi connectivity index (χ3n) is 4.03. The average Bonchev–Trinajstić information content (AvgIpc) is 2.89. The maximum Gasteiger partial charge on any atom is 0.220 e. The molecule has 1 aliphatic rings. The topological polar surface area (TPSA) is 46.9 Å². The summed E-state index contributed by atoms with van der Waals surface area (Å²) in [6.45, 7) is 7.48. The van der Waals surface area contributed by atoms with E-state index in [0.717, 1.165) is 25.8 Å². The summed E-state index contributed by atoms with van der Waals surface area (Å²) in [6, 6.07) is 2.07. The average molecular weight is 249 g/mol. The van der Waals surface area contributed by atoms with Crippen LogP contribution in [0, 0.1) is 5.92 Å². The summed E-state index contributed by atoms with van der Waals surface area (Å²) < 4.78 is 2.06. The van der Waals surface area contributed by atoms with Crippen molar-refractivity contribution in [3.8, 4) is 0 Å². The van der Waals surface area contributed by atoms with E-state index in [2.05, 4.69) is 41.9 Å². The summed E-state index contributed by atoms with van der Waals surface area (Å²) in [7, 11) is 0. The number of aryl methyl sites for hydroxylation is 1. The molecule has 2 heterocycles. The molecule has 0 spiro atoms. The minimum atomic E-state index is -0.0807. The van der Waals surface area contributed by atoms with Gasteiger partial charge in [0.05, 0.1) is 0 Å². The molecule has 2 rings (SSSR count). The van der Waals surface area contributed by atoms with Gasteiger partial charge in [0.25, 0.3) is 0 Å². The second kappa shape index (κ2) is 5.12. The van der Waals surface area contributed by atoms with E-state index < -0.39 is 0 Å². The van der Waals surface area contributed by atoms with Crippen molar-refractivity contribution in [2.24, 2.45) is 5.92 Å². The second-order valence-electron chi connectivity index (χ2n) is 5.58. The van der Waals surface area contributed by atoms with Gasteiger partial charge in [-0.1, -0.05) is 20.8 Å². The Morgan fingerprint density at radius 2 is 2.33 bits per heavy atom. The van der Waals surface area contributed by atoms with E-state index in [1.807, 2.05) is 6.20 Å². The zero-order valence-electron chi connectivity index (χ0n) is 11.6. The quantitative estimate of drug-likeness (QED) is 0.869. The monoisotopic (exact) mass is 249 g/mol. The molecule has 1 atom stereocenters. The Kier molecular flexibility index (Phi) is 3.73. The van der Waals surface area contributed by atoms with E-state index in [4.69, 9.17) is 0 Å². The zero-order valence-corrected chi connectivity index (χ0v) is 11.6. The number of nitrogens with one attached hydrogen (secondary N) is 1. The van der Waals surface area contributed by atoms with Gasteiger partial charge in [0.1, 0.15) is 0 Å². The molecule has 1 N–H and O–H groups in total. The highest BCUT2D eigenvalue weighted by molar-refractivity contribution is 5.79. The molecule has 0 bridgehead atoms. The van der Waals surface area contributed by atoms with Gasteiger partial charge in [-0.15, -0.1) is 0 Å². The lowest BCUT2D eigenvalue weighted by molar-refractivity contribution is -0.120. The molecular formula is C14H23N3O. The van der Waals surface area contributed by atoms with Crippen molar-refractivity contribution in [3.05, 3.63) is 18.0 Å². The lowest BCUT2D eigenvalue weighted by Crippen LogP contribution is -2.48. The summed E-state index contributed by atoms with van der Waals surface area (Å²) in [5.74, 6) is 0.624. The van der Waals surface area contributed by atoms with Crippen molar-refractivity contribution in [1.82, 2.24) is 15.1 Å². The first-order valence-corrected chi connectivity index (χ1v) is 6.89. The van der Waals surface area contributed by atoms with Gasteiger partial charge < -0.3 is 5.32 Å². The SMILES string of the molecule is CCCn1nccc1CC1(C(C)C)CCC(=O)N1. The maximum absolute atomic E-state index is 11.6. The van der Waals surface area contributed by atoms with Gasteiger partial charge in [-0.2, -0.15) is 5.10 Å². The molecule has 0 aromatic carbocycles. The highest BCUT2D eigenvalue weighted by atomic mass is 16.2. The van der Waals surface area contributed by atoms with Gasteiger partial charge in [-0.3, -0.25) is 9.48 Å². The number of carbonyl (C=O) groups is 1. The van der Waals surface area contributed by atoms with Crippen LogP contribution in [0.3, 0.4) is 0 Å². The second-order valence-corrected chi connectivity index (χ2v) is 5.58. The summed E-state index contributed by atoms with van der Waals surface area (Å²) in [6.07, 6.45) is 5.41. The third kappa shape index (κ3) is 2.42. The van der Waals surface area contributed by atoms with Crippen LogP contribution >= 0.6 is 0 Å². The van der Waals surface area contributed by atoms with E-state index in [1.165, 1.54) is 5.69 Å². The molecule has 4 heteroatoms. The van der Waals surface area contributed by atoms with Gasteiger partial charge in [0, 0.05) is 36.8 Å². The summed E-state index contributed by atoms with van der Waals surface area (Å²) in [5, 5.41) is 7.56. The molecule has 1 aromatic heterocycles. The van der Waals surface area contributed by atoms with Crippen LogP contribution < -0.4 is 5.32 Å². The number of amides is 1. The number of hydrogen-bond donors (Lipinski definition) is 1. The van der Waals surface area contributed by atoms with Crippen molar-refractivity contribution in [2.75, 3.05) is 0 Å². The molecule has 0 aliphatic carbocycles. The number of aromatic nitrogens is 2. The predicted octanol–water partition coefficient (Wildman–Crippen LogP) is 2.14. The van der Waals surface area contributed by atoms with Crippen LogP contribution in [0.4, 0.5) is 0 Å². The van der Waals surface area contributed by atoms with Crippen molar-refractivity contribution in [2.45, 2.75) is 58.5 Å². The minimum Gasteiger partial charge on any atom is -0.350 e. The van der Waals surface area contributed by atoms with Gasteiger partial charge in [0.2, 0.25) is 5.91 Å². The Balaban J connectivity index is 2.19. The highest BCUT2D eigenvalue weighted by Gasteiger charge is 2.40. The predicted molar refractivity (Wildman–Crippen MR) is 71.2 cm³/mol. The first-order chi connectivity index (χ1) is 8.57. The number of carbonyl (C=O) groups excluding carboxylic acids is 1. The molecule has 100 valence electrons. The van der Waals surface area contributed by atoms with Gasteiger partial charge in [-0.05, 0) is 24.8 Å². The van der Waals surface area contributed by atoms with Crippen LogP contribution in [-0.4, -0.2) is 21.2 Å². The number of nitrogens with zero attached hydrogens (tertiary/aromatic N) is 2. The van der Waals surface area contributed by atoms with Gasteiger partial charge in [0.15, 0.2) is 0 Å². The van der Waals surface area contributed by atoms with Crippen molar-refractivity contribution in [3.63, 3.8) is 0 Å². The molecule has 1 fully saturated rings. The molecule has 1 amide bonds. The molecule has 18 heavy (non-hydrogen) atoms. The molecule has 1 aromatic rings. The Morgan fingerprint density at radius 1 is 1.56 bits per heavy atom. The number of hydrogen-bond acceptors (Lipinski definition) is 2. The molecule has 1 saturated heterocycles. The van der Waals surface area contributed by atoms with E-state index in [0.29, 0.717) is 12.3 Å². The lowest BCUT2D eigenvalue weighted by atomic mass is 9.81. The molecule has 4 nitrogen and oxygen atoms in total. The van der Waals surface area contributed by atoms with E-state index in [1.54, 1.807) is 0 Å². The number of rotatable bonds is 5. The fraction of sp³-hybridized carbons (Fsp3) is 0.714. The Morgan fingerprint density at radius 3 is 2.89 bits per heavy atom. The first-order valence-electron chi connectivity index (χ1n) is 6.89. The van der Waals surface area contributed by atoms with Crippen LogP contribution in [0.15, 0.2) is 12.3 Å².